The van der Waals surface area contributed by atoms with Crippen LogP contribution in [0.1, 0.15) is 15.9 Å². The minimum atomic E-state index is -0.785. The molecule has 0 N–H and O–H groups in total. The Morgan fingerprint density at radius 3 is 2.27 bits per heavy atom. The maximum Gasteiger partial charge on any atom is 0.280 e. The predicted octanol–water partition coefficient (Wildman–Crippen LogP) is 3.11. The number of amides is 1. The molecule has 0 spiro atoms. The molecule has 3 aromatic rings. The number of fused-ring (bicyclic) bond motifs is 1. The first kappa shape index (κ1) is 17.4. The summed E-state index contributed by atoms with van der Waals surface area (Å²) < 4.78 is 2.68. The number of nitrogens with zero attached hydrogens (tertiary/aromatic N) is 4. The van der Waals surface area contributed by atoms with Gasteiger partial charge in [-0.05, 0) is 18.6 Å². The second kappa shape index (κ2) is 6.48. The minimum absolute atomic E-state index is 0.208. The number of nitro benzene ring substituents is 2. The van der Waals surface area contributed by atoms with Gasteiger partial charge in [0, 0.05) is 19.2 Å². The molecule has 1 heterocycles. The number of nitro groups is 2. The Kier molecular flexibility index (Phi) is 4.34. The first-order chi connectivity index (χ1) is 12.3. The molecule has 132 valence electrons. The molecule has 0 aliphatic heterocycles. The summed E-state index contributed by atoms with van der Waals surface area (Å²) in [7, 11) is 1.76. The topological polar surface area (TPSA) is 121 Å². The Bertz CT molecular complexity index is 1110. The molecule has 26 heavy (non-hydrogen) atoms. The molecule has 0 aliphatic carbocycles. The van der Waals surface area contributed by atoms with Crippen LogP contribution in [0, 0.1) is 27.2 Å². The third-order valence-electron chi connectivity index (χ3n) is 3.79. The number of hydrogen-bond donors (Lipinski definition) is 0. The zero-order valence-electron chi connectivity index (χ0n) is 13.7. The molecule has 0 saturated heterocycles. The zero-order valence-corrected chi connectivity index (χ0v) is 14.5. The van der Waals surface area contributed by atoms with E-state index in [1.165, 1.54) is 11.3 Å². The van der Waals surface area contributed by atoms with Crippen LogP contribution in [0.2, 0.25) is 0 Å². The summed E-state index contributed by atoms with van der Waals surface area (Å²) in [5.41, 5.74) is 0.666. The highest BCUT2D eigenvalue weighted by atomic mass is 32.1. The number of para-hydroxylation sites is 1. The van der Waals surface area contributed by atoms with E-state index in [-0.39, 0.29) is 5.56 Å². The molecule has 0 bridgehead atoms. The van der Waals surface area contributed by atoms with Gasteiger partial charge in [0.1, 0.15) is 0 Å². The summed E-state index contributed by atoms with van der Waals surface area (Å²) >= 11 is 1.29. The van der Waals surface area contributed by atoms with Crippen molar-refractivity contribution < 1.29 is 14.6 Å². The summed E-state index contributed by atoms with van der Waals surface area (Å²) in [5, 5.41) is 21.9. The Hall–Kier alpha value is -3.40. The van der Waals surface area contributed by atoms with Gasteiger partial charge < -0.3 is 4.57 Å². The summed E-state index contributed by atoms with van der Waals surface area (Å²) in [6, 6.07) is 8.50. The lowest BCUT2D eigenvalue weighted by molar-refractivity contribution is -0.394. The highest BCUT2D eigenvalue weighted by molar-refractivity contribution is 7.16. The summed E-state index contributed by atoms with van der Waals surface area (Å²) in [4.78, 5) is 37.2. The Labute approximate surface area is 150 Å². The molecule has 0 fully saturated rings. The average Bonchev–Trinajstić information content (AvgIpc) is 2.91. The number of aromatic nitrogens is 1. The normalized spacial score (nSPS) is 11.7. The molecule has 0 atom stereocenters. The first-order valence-corrected chi connectivity index (χ1v) is 8.17. The van der Waals surface area contributed by atoms with Gasteiger partial charge in [0.15, 0.2) is 4.80 Å². The van der Waals surface area contributed by atoms with E-state index in [1.54, 1.807) is 11.6 Å². The highest BCUT2D eigenvalue weighted by Crippen LogP contribution is 2.24. The molecule has 0 saturated carbocycles. The minimum Gasteiger partial charge on any atom is -0.319 e. The number of aryl methyl sites for hydroxylation is 2. The van der Waals surface area contributed by atoms with E-state index >= 15 is 0 Å². The number of carbonyl (C=O) groups is 1. The van der Waals surface area contributed by atoms with Crippen LogP contribution in [0.5, 0.6) is 0 Å². The van der Waals surface area contributed by atoms with E-state index in [1.807, 2.05) is 25.1 Å². The lowest BCUT2D eigenvalue weighted by Crippen LogP contribution is -2.14. The lowest BCUT2D eigenvalue weighted by atomic mass is 10.1. The quantitative estimate of drug-likeness (QED) is 0.516. The van der Waals surface area contributed by atoms with Crippen molar-refractivity contribution in [1.82, 2.24) is 4.57 Å². The van der Waals surface area contributed by atoms with Gasteiger partial charge in [-0.3, -0.25) is 25.0 Å². The van der Waals surface area contributed by atoms with Gasteiger partial charge in [-0.1, -0.05) is 23.5 Å². The lowest BCUT2D eigenvalue weighted by Gasteiger charge is -1.99. The number of rotatable bonds is 3. The summed E-state index contributed by atoms with van der Waals surface area (Å²) in [6.45, 7) is 1.94. The number of hydrogen-bond acceptors (Lipinski definition) is 6. The van der Waals surface area contributed by atoms with Crippen molar-refractivity contribution in [3.05, 3.63) is 72.6 Å². The third kappa shape index (κ3) is 3.09. The molecule has 0 aliphatic rings. The molecular formula is C16H12N4O5S. The number of benzene rings is 2. The maximum atomic E-state index is 12.5. The van der Waals surface area contributed by atoms with Crippen molar-refractivity contribution in [2.75, 3.05) is 0 Å². The largest absolute Gasteiger partial charge is 0.319 e. The molecule has 0 unspecified atom stereocenters. The van der Waals surface area contributed by atoms with Gasteiger partial charge in [-0.2, -0.15) is 4.99 Å². The van der Waals surface area contributed by atoms with Crippen molar-refractivity contribution >= 4 is 38.8 Å². The number of thiazole rings is 1. The van der Waals surface area contributed by atoms with E-state index in [2.05, 4.69) is 4.99 Å². The predicted molar refractivity (Wildman–Crippen MR) is 95.2 cm³/mol. The molecular weight excluding hydrogens is 360 g/mol. The van der Waals surface area contributed by atoms with Crippen LogP contribution in [0.4, 0.5) is 11.4 Å². The van der Waals surface area contributed by atoms with Crippen LogP contribution in [0.15, 0.2) is 41.4 Å². The van der Waals surface area contributed by atoms with Gasteiger partial charge in [-0.25, -0.2) is 0 Å². The van der Waals surface area contributed by atoms with Crippen LogP contribution in [-0.2, 0) is 7.05 Å². The SMILES string of the molecule is Cc1cccc2sc(=NC(=O)c3cc([N+](=O)[O-])cc([N+](=O)[O-])c3)n(C)c12. The fourth-order valence-electron chi connectivity index (χ4n) is 2.59. The number of carbonyl (C=O) groups excluding carboxylic acids is 1. The monoisotopic (exact) mass is 372 g/mol. The van der Waals surface area contributed by atoms with Crippen LogP contribution < -0.4 is 4.80 Å². The van der Waals surface area contributed by atoms with Gasteiger partial charge in [-0.15, -0.1) is 0 Å². The first-order valence-electron chi connectivity index (χ1n) is 7.36. The highest BCUT2D eigenvalue weighted by Gasteiger charge is 2.20. The molecule has 10 heteroatoms. The smallest absolute Gasteiger partial charge is 0.280 e. The van der Waals surface area contributed by atoms with Gasteiger partial charge in [0.25, 0.3) is 17.3 Å². The van der Waals surface area contributed by atoms with E-state index < -0.39 is 27.1 Å². The van der Waals surface area contributed by atoms with E-state index in [9.17, 15) is 25.0 Å². The molecule has 0 radical (unpaired) electrons. The Morgan fingerprint density at radius 2 is 1.73 bits per heavy atom. The van der Waals surface area contributed by atoms with Crippen molar-refractivity contribution in [2.24, 2.45) is 12.0 Å². The Morgan fingerprint density at radius 1 is 1.12 bits per heavy atom. The van der Waals surface area contributed by atoms with Gasteiger partial charge in [0.05, 0.1) is 31.7 Å². The standard InChI is InChI=1S/C16H12N4O5S/c1-9-4-3-5-13-14(9)18(2)16(26-13)17-15(21)10-6-11(19(22)23)8-12(7-10)20(24)25/h3-8H,1-2H3. The summed E-state index contributed by atoms with van der Waals surface area (Å²) in [6.07, 6.45) is 0. The fraction of sp³-hybridized carbons (Fsp3) is 0.125. The van der Waals surface area contributed by atoms with Crippen molar-refractivity contribution in [1.29, 1.82) is 0 Å². The van der Waals surface area contributed by atoms with Crippen LogP contribution in [0.3, 0.4) is 0 Å². The fourth-order valence-corrected chi connectivity index (χ4v) is 3.68. The van der Waals surface area contributed by atoms with E-state index in [0.29, 0.717) is 4.80 Å². The zero-order chi connectivity index (χ0) is 19.0. The van der Waals surface area contributed by atoms with E-state index in [0.717, 1.165) is 34.0 Å². The van der Waals surface area contributed by atoms with Crippen LogP contribution in [-0.4, -0.2) is 20.3 Å². The van der Waals surface area contributed by atoms with Crippen LogP contribution >= 0.6 is 11.3 Å². The second-order valence-electron chi connectivity index (χ2n) is 5.53. The van der Waals surface area contributed by atoms with E-state index in [4.69, 9.17) is 0 Å². The van der Waals surface area contributed by atoms with Crippen molar-refractivity contribution in [3.8, 4) is 0 Å². The molecule has 2 aromatic carbocycles. The van der Waals surface area contributed by atoms with Gasteiger partial charge >= 0.3 is 0 Å². The second-order valence-corrected chi connectivity index (χ2v) is 6.54. The van der Waals surface area contributed by atoms with Crippen molar-refractivity contribution in [3.63, 3.8) is 0 Å². The Balaban J connectivity index is 2.15. The third-order valence-corrected chi connectivity index (χ3v) is 4.89. The van der Waals surface area contributed by atoms with Crippen LogP contribution in [0.25, 0.3) is 10.2 Å². The maximum absolute atomic E-state index is 12.5. The molecule has 9 nitrogen and oxygen atoms in total. The van der Waals surface area contributed by atoms with Gasteiger partial charge in [0.2, 0.25) is 0 Å². The number of non-ortho nitro benzene ring substituents is 2. The molecule has 1 aromatic heterocycles. The molecule has 3 rings (SSSR count). The summed E-state index contributed by atoms with van der Waals surface area (Å²) in [5.74, 6) is -0.781. The van der Waals surface area contributed by atoms with Crippen molar-refractivity contribution in [2.45, 2.75) is 6.92 Å². The molecule has 1 amide bonds. The average molecular weight is 372 g/mol.